The number of hydrogen-bond acceptors (Lipinski definition) is 0. The Bertz CT molecular complexity index is 446. The number of benzene rings is 2. The van der Waals surface area contributed by atoms with Crippen molar-refractivity contribution in [1.29, 1.82) is 0 Å². The maximum absolute atomic E-state index is 3.43. The van der Waals surface area contributed by atoms with Gasteiger partial charge in [-0.2, -0.15) is 0 Å². The molecule has 0 aliphatic heterocycles. The molecular weight excluding hydrogens is 236 g/mol. The molecular formula is C13H10Br. The molecule has 14 heavy (non-hydrogen) atoms. The summed E-state index contributed by atoms with van der Waals surface area (Å²) < 4.78 is 0.998. The fraction of sp³-hybridized carbons (Fsp3) is 0.0769. The molecule has 0 saturated heterocycles. The molecule has 0 fully saturated rings. The van der Waals surface area contributed by atoms with Crippen molar-refractivity contribution in [3.63, 3.8) is 0 Å². The van der Waals surface area contributed by atoms with Crippen LogP contribution in [0.3, 0.4) is 0 Å². The highest BCUT2D eigenvalue weighted by Gasteiger charge is 2.00. The van der Waals surface area contributed by atoms with Crippen molar-refractivity contribution >= 4 is 15.9 Å². The molecule has 69 valence electrons. The van der Waals surface area contributed by atoms with E-state index in [1.54, 1.807) is 0 Å². The molecule has 0 aliphatic rings. The Morgan fingerprint density at radius 2 is 1.93 bits per heavy atom. The van der Waals surface area contributed by atoms with Crippen molar-refractivity contribution in [2.24, 2.45) is 0 Å². The second kappa shape index (κ2) is 3.97. The number of rotatable bonds is 1. The van der Waals surface area contributed by atoms with Crippen LogP contribution in [-0.4, -0.2) is 0 Å². The van der Waals surface area contributed by atoms with Gasteiger partial charge in [-0.05, 0) is 35.7 Å². The van der Waals surface area contributed by atoms with Crippen LogP contribution in [0, 0.1) is 13.0 Å². The smallest absolute Gasteiger partial charge is 0.0260 e. The first-order chi connectivity index (χ1) is 6.77. The minimum atomic E-state index is 0.998. The highest BCUT2D eigenvalue weighted by atomic mass is 79.9. The molecule has 0 aliphatic carbocycles. The molecule has 0 unspecified atom stereocenters. The van der Waals surface area contributed by atoms with E-state index in [0.717, 1.165) is 4.47 Å². The maximum atomic E-state index is 3.43. The molecule has 0 bridgehead atoms. The summed E-state index contributed by atoms with van der Waals surface area (Å²) in [7, 11) is 0. The summed E-state index contributed by atoms with van der Waals surface area (Å²) in [6, 6.07) is 17.6. The molecule has 2 aromatic carbocycles. The van der Waals surface area contributed by atoms with E-state index in [0.29, 0.717) is 0 Å². The summed E-state index contributed by atoms with van der Waals surface area (Å²) in [6.45, 7) is 2.12. The first-order valence-corrected chi connectivity index (χ1v) is 5.30. The van der Waals surface area contributed by atoms with E-state index in [9.17, 15) is 0 Å². The third-order valence-corrected chi connectivity index (χ3v) is 2.68. The SMILES string of the molecule is Cc1ccccc1-c1cc[c]c(Br)c1. The van der Waals surface area contributed by atoms with Crippen molar-refractivity contribution in [3.05, 3.63) is 58.6 Å². The lowest BCUT2D eigenvalue weighted by Gasteiger charge is -2.05. The molecule has 1 radical (unpaired) electrons. The van der Waals surface area contributed by atoms with Gasteiger partial charge in [0.15, 0.2) is 0 Å². The van der Waals surface area contributed by atoms with Crippen molar-refractivity contribution in [3.8, 4) is 11.1 Å². The first kappa shape index (κ1) is 9.47. The van der Waals surface area contributed by atoms with E-state index in [-0.39, 0.29) is 0 Å². The van der Waals surface area contributed by atoms with Gasteiger partial charge in [-0.25, -0.2) is 0 Å². The van der Waals surface area contributed by atoms with E-state index in [2.05, 4.69) is 65.3 Å². The van der Waals surface area contributed by atoms with Crippen LogP contribution in [0.25, 0.3) is 11.1 Å². The fourth-order valence-electron chi connectivity index (χ4n) is 1.50. The van der Waals surface area contributed by atoms with Gasteiger partial charge in [0, 0.05) is 4.47 Å². The molecule has 0 N–H and O–H groups in total. The zero-order valence-corrected chi connectivity index (χ0v) is 9.51. The van der Waals surface area contributed by atoms with Gasteiger partial charge in [0.25, 0.3) is 0 Å². The van der Waals surface area contributed by atoms with E-state index >= 15 is 0 Å². The number of aryl methyl sites for hydroxylation is 1. The average molecular weight is 246 g/mol. The van der Waals surface area contributed by atoms with E-state index < -0.39 is 0 Å². The maximum Gasteiger partial charge on any atom is 0.0260 e. The quantitative estimate of drug-likeness (QED) is 0.706. The van der Waals surface area contributed by atoms with Gasteiger partial charge in [-0.15, -0.1) is 0 Å². The van der Waals surface area contributed by atoms with E-state index in [1.165, 1.54) is 16.7 Å². The Morgan fingerprint density at radius 1 is 1.14 bits per heavy atom. The Kier molecular flexibility index (Phi) is 2.69. The zero-order chi connectivity index (χ0) is 9.97. The van der Waals surface area contributed by atoms with Crippen molar-refractivity contribution in [1.82, 2.24) is 0 Å². The van der Waals surface area contributed by atoms with Crippen LogP contribution in [0.5, 0.6) is 0 Å². The minimum absolute atomic E-state index is 0.998. The van der Waals surface area contributed by atoms with Crippen LogP contribution in [-0.2, 0) is 0 Å². The topological polar surface area (TPSA) is 0 Å². The molecule has 0 heterocycles. The molecule has 0 amide bonds. The lowest BCUT2D eigenvalue weighted by Crippen LogP contribution is -1.81. The monoisotopic (exact) mass is 245 g/mol. The summed E-state index contributed by atoms with van der Waals surface area (Å²) in [4.78, 5) is 0. The summed E-state index contributed by atoms with van der Waals surface area (Å²) in [6.07, 6.45) is 0. The van der Waals surface area contributed by atoms with Crippen LogP contribution in [0.15, 0.2) is 46.9 Å². The molecule has 0 aromatic heterocycles. The summed E-state index contributed by atoms with van der Waals surface area (Å²) >= 11 is 3.43. The molecule has 1 heteroatoms. The van der Waals surface area contributed by atoms with Crippen LogP contribution < -0.4 is 0 Å². The third-order valence-electron chi connectivity index (χ3n) is 2.22. The normalized spacial score (nSPS) is 10.1. The van der Waals surface area contributed by atoms with Crippen molar-refractivity contribution < 1.29 is 0 Å². The second-order valence-electron chi connectivity index (χ2n) is 3.24. The van der Waals surface area contributed by atoms with Gasteiger partial charge < -0.3 is 0 Å². The van der Waals surface area contributed by atoms with Gasteiger partial charge in [0.05, 0.1) is 0 Å². The Balaban J connectivity index is 2.55. The van der Waals surface area contributed by atoms with Crippen molar-refractivity contribution in [2.75, 3.05) is 0 Å². The minimum Gasteiger partial charge on any atom is -0.0620 e. The molecule has 2 aromatic rings. The molecule has 0 saturated carbocycles. The largest absolute Gasteiger partial charge is 0.0620 e. The predicted molar refractivity (Wildman–Crippen MR) is 63.2 cm³/mol. The lowest BCUT2D eigenvalue weighted by molar-refractivity contribution is 1.45. The Morgan fingerprint density at radius 3 is 2.64 bits per heavy atom. The standard InChI is InChI=1S/C13H10Br/c1-10-5-2-3-8-13(10)11-6-4-7-12(14)9-11/h2-6,8-9H,1H3. The molecule has 0 nitrogen and oxygen atoms in total. The predicted octanol–water partition coefficient (Wildman–Crippen LogP) is 4.22. The van der Waals surface area contributed by atoms with Gasteiger partial charge in [0.1, 0.15) is 0 Å². The highest BCUT2D eigenvalue weighted by molar-refractivity contribution is 9.10. The Hall–Kier alpha value is -1.08. The van der Waals surface area contributed by atoms with Gasteiger partial charge in [-0.3, -0.25) is 0 Å². The first-order valence-electron chi connectivity index (χ1n) is 4.50. The summed E-state index contributed by atoms with van der Waals surface area (Å²) in [5.41, 5.74) is 3.81. The molecule has 0 atom stereocenters. The van der Waals surface area contributed by atoms with Gasteiger partial charge in [-0.1, -0.05) is 52.3 Å². The van der Waals surface area contributed by atoms with E-state index in [4.69, 9.17) is 0 Å². The summed E-state index contributed by atoms with van der Waals surface area (Å²) in [5.74, 6) is 0. The van der Waals surface area contributed by atoms with Crippen LogP contribution in [0.1, 0.15) is 5.56 Å². The van der Waals surface area contributed by atoms with Gasteiger partial charge in [0.2, 0.25) is 0 Å². The van der Waals surface area contributed by atoms with Crippen LogP contribution >= 0.6 is 15.9 Å². The van der Waals surface area contributed by atoms with E-state index in [1.807, 2.05) is 6.07 Å². The third kappa shape index (κ3) is 1.88. The van der Waals surface area contributed by atoms with Crippen LogP contribution in [0.4, 0.5) is 0 Å². The van der Waals surface area contributed by atoms with Crippen LogP contribution in [0.2, 0.25) is 0 Å². The zero-order valence-electron chi connectivity index (χ0n) is 7.92. The lowest BCUT2D eigenvalue weighted by atomic mass is 10.0. The highest BCUT2D eigenvalue weighted by Crippen LogP contribution is 2.25. The van der Waals surface area contributed by atoms with Gasteiger partial charge >= 0.3 is 0 Å². The summed E-state index contributed by atoms with van der Waals surface area (Å²) in [5, 5.41) is 0. The number of hydrogen-bond donors (Lipinski definition) is 0. The fourth-order valence-corrected chi connectivity index (χ4v) is 1.88. The Labute approximate surface area is 92.7 Å². The van der Waals surface area contributed by atoms with Crippen molar-refractivity contribution in [2.45, 2.75) is 6.92 Å². The average Bonchev–Trinajstić information content (AvgIpc) is 2.18. The molecule has 2 rings (SSSR count). The molecule has 0 spiro atoms. The second-order valence-corrected chi connectivity index (χ2v) is 4.09. The number of halogens is 1.